The van der Waals surface area contributed by atoms with E-state index in [4.69, 9.17) is 9.47 Å². The van der Waals surface area contributed by atoms with Gasteiger partial charge in [-0.3, -0.25) is 14.9 Å². The summed E-state index contributed by atoms with van der Waals surface area (Å²) in [5.74, 6) is -1.36. The van der Waals surface area contributed by atoms with Crippen LogP contribution in [0.25, 0.3) is 0 Å². The Balaban J connectivity index is 2.44. The molecule has 0 radical (unpaired) electrons. The van der Waals surface area contributed by atoms with Crippen molar-refractivity contribution in [2.45, 2.75) is 65.1 Å². The highest BCUT2D eigenvalue weighted by atomic mass is 16.6. The summed E-state index contributed by atoms with van der Waals surface area (Å²) in [6.07, 6.45) is 1.65. The molecule has 0 aromatic heterocycles. The minimum atomic E-state index is -0.649. The van der Waals surface area contributed by atoms with Crippen LogP contribution in [0.3, 0.4) is 0 Å². The van der Waals surface area contributed by atoms with Crippen LogP contribution < -0.4 is 5.32 Å². The molecule has 0 atom stereocenters. The van der Waals surface area contributed by atoms with E-state index in [1.165, 1.54) is 0 Å². The van der Waals surface area contributed by atoms with Crippen molar-refractivity contribution < 1.29 is 29.4 Å². The molecule has 0 bridgehead atoms. The Hall–Kier alpha value is -2.39. The van der Waals surface area contributed by atoms with Crippen molar-refractivity contribution in [3.63, 3.8) is 0 Å². The van der Waals surface area contributed by atoms with Crippen molar-refractivity contribution >= 4 is 11.6 Å². The second kappa shape index (κ2) is 10.4. The van der Waals surface area contributed by atoms with Gasteiger partial charge in [0.2, 0.25) is 5.91 Å². The summed E-state index contributed by atoms with van der Waals surface area (Å²) in [5.41, 5.74) is -0.842. The third-order valence-electron chi connectivity index (χ3n) is 4.73. The zero-order valence-corrected chi connectivity index (χ0v) is 17.8. The van der Waals surface area contributed by atoms with E-state index in [1.807, 2.05) is 27.7 Å². The summed E-state index contributed by atoms with van der Waals surface area (Å²) in [4.78, 5) is 22.4. The molecular weight excluding hydrogens is 380 g/mol. The van der Waals surface area contributed by atoms with E-state index in [-0.39, 0.29) is 42.3 Å². The number of hydrogen-bond acceptors (Lipinski definition) is 7. The quantitative estimate of drug-likeness (QED) is 0.273. The number of aromatic hydroxyl groups is 2. The molecule has 9 heteroatoms. The topological polar surface area (TPSA) is 131 Å². The monoisotopic (exact) mass is 412 g/mol. The number of hydrogen-bond donors (Lipinski definition) is 3. The Morgan fingerprint density at radius 3 is 2.34 bits per heavy atom. The highest BCUT2D eigenvalue weighted by Gasteiger charge is 2.23. The summed E-state index contributed by atoms with van der Waals surface area (Å²) in [6, 6.07) is 2.01. The summed E-state index contributed by atoms with van der Waals surface area (Å²) >= 11 is 0. The van der Waals surface area contributed by atoms with Crippen LogP contribution in [0, 0.1) is 10.1 Å². The second-order valence-electron chi connectivity index (χ2n) is 8.09. The van der Waals surface area contributed by atoms with Crippen molar-refractivity contribution in [3.05, 3.63) is 27.8 Å². The molecule has 0 saturated carbocycles. The minimum absolute atomic E-state index is 0.124. The Kier molecular flexibility index (Phi) is 8.84. The smallest absolute Gasteiger partial charge is 0.276 e. The molecule has 1 aromatic rings. The fraction of sp³-hybridized carbons (Fsp3) is 0.650. The molecule has 1 rings (SSSR count). The zero-order valence-electron chi connectivity index (χ0n) is 17.8. The maximum atomic E-state index is 12.0. The van der Waals surface area contributed by atoms with Gasteiger partial charge in [-0.1, -0.05) is 6.92 Å². The van der Waals surface area contributed by atoms with Gasteiger partial charge < -0.3 is 25.0 Å². The number of phenolic OH excluding ortho intramolecular Hbond substituents is 2. The van der Waals surface area contributed by atoms with Crippen molar-refractivity contribution in [3.8, 4) is 11.5 Å². The number of amides is 1. The molecule has 1 amide bonds. The van der Waals surface area contributed by atoms with Gasteiger partial charge in [-0.25, -0.2) is 0 Å². The molecule has 9 nitrogen and oxygen atoms in total. The van der Waals surface area contributed by atoms with E-state index in [2.05, 4.69) is 12.2 Å². The van der Waals surface area contributed by atoms with Crippen LogP contribution in [-0.2, 0) is 20.7 Å². The lowest BCUT2D eigenvalue weighted by Crippen LogP contribution is -2.36. The Labute approximate surface area is 171 Å². The lowest BCUT2D eigenvalue weighted by Gasteiger charge is -2.29. The number of ether oxygens (including phenoxy) is 2. The summed E-state index contributed by atoms with van der Waals surface area (Å²) in [7, 11) is 0. The number of nitrogens with one attached hydrogen (secondary N) is 1. The SMILES string of the molecule is CCC(C)(C)OCCC(C)(C)OCC(=O)NCCc1cc(O)c(O)cc1[N+](=O)[O-]. The maximum absolute atomic E-state index is 12.0. The number of benzene rings is 1. The van der Waals surface area contributed by atoms with Crippen LogP contribution in [0.5, 0.6) is 11.5 Å². The Morgan fingerprint density at radius 2 is 1.76 bits per heavy atom. The molecule has 1 aromatic carbocycles. The maximum Gasteiger partial charge on any atom is 0.276 e. The largest absolute Gasteiger partial charge is 0.504 e. The van der Waals surface area contributed by atoms with E-state index in [0.717, 1.165) is 18.6 Å². The van der Waals surface area contributed by atoms with Gasteiger partial charge in [-0.2, -0.15) is 0 Å². The van der Waals surface area contributed by atoms with Crippen LogP contribution in [-0.4, -0.2) is 52.0 Å². The third-order valence-corrected chi connectivity index (χ3v) is 4.73. The summed E-state index contributed by atoms with van der Waals surface area (Å²) in [6.45, 7) is 10.4. The predicted molar refractivity (Wildman–Crippen MR) is 108 cm³/mol. The lowest BCUT2D eigenvalue weighted by atomic mass is 10.0. The number of nitro groups is 1. The van der Waals surface area contributed by atoms with Gasteiger partial charge in [-0.15, -0.1) is 0 Å². The molecule has 164 valence electrons. The molecule has 0 spiro atoms. The normalized spacial score (nSPS) is 12.0. The van der Waals surface area contributed by atoms with E-state index < -0.39 is 22.0 Å². The van der Waals surface area contributed by atoms with Crippen molar-refractivity contribution in [1.82, 2.24) is 5.32 Å². The molecular formula is C20H32N2O7. The minimum Gasteiger partial charge on any atom is -0.504 e. The molecule has 0 aliphatic carbocycles. The zero-order chi connectivity index (χ0) is 22.2. The first-order valence-electron chi connectivity index (χ1n) is 9.61. The highest BCUT2D eigenvalue weighted by Crippen LogP contribution is 2.32. The first-order chi connectivity index (χ1) is 13.4. The number of nitro benzene ring substituents is 1. The third kappa shape index (κ3) is 8.66. The molecule has 29 heavy (non-hydrogen) atoms. The predicted octanol–water partition coefficient (Wildman–Crippen LogP) is 3.06. The number of carbonyl (C=O) groups excluding carboxylic acids is 1. The fourth-order valence-corrected chi connectivity index (χ4v) is 2.38. The first kappa shape index (κ1) is 24.6. The van der Waals surface area contributed by atoms with Gasteiger partial charge in [0.25, 0.3) is 5.69 Å². The standard InChI is InChI=1S/C20H32N2O7/c1-6-19(2,3)28-10-8-20(4,5)29-13-18(25)21-9-7-14-11-16(23)17(24)12-15(14)22(26)27/h11-12,23-24H,6-10,13H2,1-5H3,(H,21,25). The van der Waals surface area contributed by atoms with Crippen LogP contribution in [0.1, 0.15) is 53.0 Å². The Bertz CT molecular complexity index is 717. The summed E-state index contributed by atoms with van der Waals surface area (Å²) in [5, 5.41) is 32.6. The molecule has 0 saturated heterocycles. The number of nitrogens with zero attached hydrogens (tertiary/aromatic N) is 1. The van der Waals surface area contributed by atoms with E-state index in [1.54, 1.807) is 0 Å². The van der Waals surface area contributed by atoms with Crippen molar-refractivity contribution in [1.29, 1.82) is 0 Å². The molecule has 3 N–H and O–H groups in total. The average Bonchev–Trinajstić information content (AvgIpc) is 2.62. The van der Waals surface area contributed by atoms with Crippen LogP contribution in [0.4, 0.5) is 5.69 Å². The van der Waals surface area contributed by atoms with Crippen LogP contribution in [0.2, 0.25) is 0 Å². The number of carbonyl (C=O) groups is 1. The molecule has 0 aliphatic rings. The lowest BCUT2D eigenvalue weighted by molar-refractivity contribution is -0.385. The molecule has 0 fully saturated rings. The Morgan fingerprint density at radius 1 is 1.14 bits per heavy atom. The van der Waals surface area contributed by atoms with E-state index in [0.29, 0.717) is 13.0 Å². The van der Waals surface area contributed by atoms with Gasteiger partial charge in [0.15, 0.2) is 11.5 Å². The van der Waals surface area contributed by atoms with Crippen molar-refractivity contribution in [2.75, 3.05) is 19.8 Å². The van der Waals surface area contributed by atoms with Gasteiger partial charge in [-0.05, 0) is 53.0 Å². The van der Waals surface area contributed by atoms with Crippen LogP contribution in [0.15, 0.2) is 12.1 Å². The molecule has 0 aliphatic heterocycles. The first-order valence-corrected chi connectivity index (χ1v) is 9.61. The van der Waals surface area contributed by atoms with E-state index in [9.17, 15) is 25.1 Å². The van der Waals surface area contributed by atoms with Crippen LogP contribution >= 0.6 is 0 Å². The average molecular weight is 412 g/mol. The molecule has 0 heterocycles. The van der Waals surface area contributed by atoms with E-state index >= 15 is 0 Å². The fourth-order valence-electron chi connectivity index (χ4n) is 2.38. The second-order valence-corrected chi connectivity index (χ2v) is 8.09. The van der Waals surface area contributed by atoms with Gasteiger partial charge >= 0.3 is 0 Å². The summed E-state index contributed by atoms with van der Waals surface area (Å²) < 4.78 is 11.5. The van der Waals surface area contributed by atoms with Gasteiger partial charge in [0, 0.05) is 12.1 Å². The number of phenols is 2. The van der Waals surface area contributed by atoms with Gasteiger partial charge in [0.05, 0.1) is 28.8 Å². The number of rotatable bonds is 12. The van der Waals surface area contributed by atoms with Gasteiger partial charge in [0.1, 0.15) is 6.61 Å². The highest BCUT2D eigenvalue weighted by molar-refractivity contribution is 5.77. The molecule has 0 unspecified atom stereocenters. The van der Waals surface area contributed by atoms with Crippen molar-refractivity contribution in [2.24, 2.45) is 0 Å².